The van der Waals surface area contributed by atoms with Gasteiger partial charge in [0.2, 0.25) is 0 Å². The third kappa shape index (κ3) is 2.69. The van der Waals surface area contributed by atoms with Crippen molar-refractivity contribution in [2.45, 2.75) is 78.0 Å². The molecule has 2 aliphatic carbocycles. The normalized spacial score (nSPS) is 36.7. The summed E-state index contributed by atoms with van der Waals surface area (Å²) in [5.74, 6) is 0.432. The van der Waals surface area contributed by atoms with E-state index in [1.807, 2.05) is 0 Å². The number of carboxylic acids is 1. The molecule has 4 aliphatic rings. The maximum atomic E-state index is 12.5. The van der Waals surface area contributed by atoms with E-state index in [-0.39, 0.29) is 28.8 Å². The maximum Gasteiger partial charge on any atom is 0.341 e. The van der Waals surface area contributed by atoms with Crippen molar-refractivity contribution in [3.63, 3.8) is 0 Å². The van der Waals surface area contributed by atoms with Crippen LogP contribution in [0, 0.1) is 22.7 Å². The van der Waals surface area contributed by atoms with Gasteiger partial charge in [0.05, 0.1) is 11.7 Å². The first-order valence-electron chi connectivity index (χ1n) is 11.7. The zero-order valence-electron chi connectivity index (χ0n) is 19.3. The topological polar surface area (TPSA) is 105 Å². The summed E-state index contributed by atoms with van der Waals surface area (Å²) in [5, 5.41) is 22.9. The average Bonchev–Trinajstić information content (AvgIpc) is 3.10. The van der Waals surface area contributed by atoms with Crippen LogP contribution in [-0.2, 0) is 17.8 Å². The van der Waals surface area contributed by atoms with Gasteiger partial charge < -0.3 is 25.0 Å². The first kappa shape index (κ1) is 21.6. The van der Waals surface area contributed by atoms with Gasteiger partial charge in [0.15, 0.2) is 6.61 Å². The van der Waals surface area contributed by atoms with E-state index in [0.717, 1.165) is 30.4 Å². The Bertz CT molecular complexity index is 1000. The monoisotopic (exact) mass is 443 g/mol. The van der Waals surface area contributed by atoms with Crippen LogP contribution < -0.4 is 14.8 Å². The first-order chi connectivity index (χ1) is 15.0. The number of benzene rings is 1. The molecule has 0 aromatic heterocycles. The smallest absolute Gasteiger partial charge is 0.341 e. The fraction of sp³-hybridized carbons (Fsp3) is 0.680. The van der Waals surface area contributed by atoms with Crippen molar-refractivity contribution in [1.82, 2.24) is 5.32 Å². The molecule has 2 heterocycles. The fourth-order valence-electron chi connectivity index (χ4n) is 7.21. The second-order valence-corrected chi connectivity index (χ2v) is 11.1. The SMILES string of the molecule is C[C@H]1CC[C@H]2C(C)(C)[C@@H](O)CC[C@]23Oc2c(c(OCC(=O)O)cc4c2CNC4=O)C[C@]13C. The Balaban J connectivity index is 1.70. The third-order valence-electron chi connectivity index (χ3n) is 9.35. The molecule has 3 N–H and O–H groups in total. The van der Waals surface area contributed by atoms with E-state index in [9.17, 15) is 19.8 Å². The molecule has 2 aliphatic heterocycles. The molecular formula is C25H33NO6. The molecule has 1 spiro atoms. The molecule has 1 aromatic carbocycles. The minimum absolute atomic E-state index is 0.178. The number of nitrogens with one attached hydrogen (secondary N) is 1. The number of hydrogen-bond donors (Lipinski definition) is 3. The van der Waals surface area contributed by atoms with Crippen LogP contribution in [0.4, 0.5) is 0 Å². The highest BCUT2D eigenvalue weighted by Crippen LogP contribution is 2.66. The van der Waals surface area contributed by atoms with Gasteiger partial charge >= 0.3 is 5.97 Å². The van der Waals surface area contributed by atoms with E-state index < -0.39 is 18.2 Å². The summed E-state index contributed by atoms with van der Waals surface area (Å²) in [5.41, 5.74) is 1.26. The minimum atomic E-state index is -1.06. The second-order valence-electron chi connectivity index (χ2n) is 11.1. The number of ether oxygens (including phenoxy) is 2. The van der Waals surface area contributed by atoms with Crippen molar-refractivity contribution in [3.8, 4) is 11.5 Å². The van der Waals surface area contributed by atoms with E-state index in [1.165, 1.54) is 0 Å². The molecular weight excluding hydrogens is 410 g/mol. The molecule has 0 unspecified atom stereocenters. The van der Waals surface area contributed by atoms with Crippen LogP contribution in [0.1, 0.15) is 74.9 Å². The summed E-state index contributed by atoms with van der Waals surface area (Å²) < 4.78 is 12.8. The lowest BCUT2D eigenvalue weighted by atomic mass is 9.43. The molecule has 0 bridgehead atoms. The molecule has 2 saturated carbocycles. The minimum Gasteiger partial charge on any atom is -0.486 e. The van der Waals surface area contributed by atoms with Crippen LogP contribution >= 0.6 is 0 Å². The Morgan fingerprint density at radius 1 is 1.25 bits per heavy atom. The van der Waals surface area contributed by atoms with Crippen LogP contribution in [-0.4, -0.2) is 40.4 Å². The summed E-state index contributed by atoms with van der Waals surface area (Å²) in [6.07, 6.45) is 3.80. The maximum absolute atomic E-state index is 12.5. The van der Waals surface area contributed by atoms with Crippen molar-refractivity contribution in [2.75, 3.05) is 6.61 Å². The summed E-state index contributed by atoms with van der Waals surface area (Å²) in [4.78, 5) is 23.7. The average molecular weight is 444 g/mol. The van der Waals surface area contributed by atoms with Gasteiger partial charge in [-0.25, -0.2) is 4.79 Å². The third-order valence-corrected chi connectivity index (χ3v) is 9.35. The van der Waals surface area contributed by atoms with E-state index >= 15 is 0 Å². The standard InChI is InChI=1S/C25H33NO6/c1-13-5-6-18-23(2,3)19(27)7-8-25(18)24(13,4)10-15-17(31-12-20(28)29)9-14-16(21(15)32-25)11-26-22(14)30/h9,13,18-19,27H,5-8,10-12H2,1-4H3,(H,26,30)(H,28,29)/t13-,18-,19-,24+,25-/m0/s1. The molecule has 0 saturated heterocycles. The van der Waals surface area contributed by atoms with Crippen LogP contribution in [0.25, 0.3) is 0 Å². The van der Waals surface area contributed by atoms with Gasteiger partial charge in [-0.3, -0.25) is 4.79 Å². The van der Waals surface area contributed by atoms with Crippen molar-refractivity contribution < 1.29 is 29.3 Å². The molecule has 32 heavy (non-hydrogen) atoms. The number of hydrogen-bond acceptors (Lipinski definition) is 5. The van der Waals surface area contributed by atoms with Gasteiger partial charge in [0, 0.05) is 29.0 Å². The van der Waals surface area contributed by atoms with Gasteiger partial charge in [-0.05, 0) is 49.5 Å². The number of rotatable bonds is 3. The lowest BCUT2D eigenvalue weighted by Crippen LogP contribution is -2.70. The Morgan fingerprint density at radius 3 is 2.72 bits per heavy atom. The second kappa shape index (κ2) is 6.86. The molecule has 5 atom stereocenters. The molecule has 1 amide bonds. The van der Waals surface area contributed by atoms with E-state index in [0.29, 0.717) is 42.4 Å². The summed E-state index contributed by atoms with van der Waals surface area (Å²) in [6, 6.07) is 1.68. The Kier molecular flexibility index (Phi) is 4.62. The molecule has 174 valence electrons. The van der Waals surface area contributed by atoms with Crippen molar-refractivity contribution in [2.24, 2.45) is 22.7 Å². The zero-order chi connectivity index (χ0) is 23.1. The van der Waals surface area contributed by atoms with Gasteiger partial charge in [0.1, 0.15) is 17.1 Å². The van der Waals surface area contributed by atoms with Gasteiger partial charge in [0.25, 0.3) is 5.91 Å². The zero-order valence-corrected chi connectivity index (χ0v) is 19.3. The van der Waals surface area contributed by atoms with E-state index in [2.05, 4.69) is 33.0 Å². The molecule has 7 heteroatoms. The van der Waals surface area contributed by atoms with Crippen molar-refractivity contribution >= 4 is 11.9 Å². The molecule has 1 aromatic rings. The number of carbonyl (C=O) groups is 2. The van der Waals surface area contributed by atoms with Gasteiger partial charge in [-0.1, -0.05) is 27.7 Å². The summed E-state index contributed by atoms with van der Waals surface area (Å²) >= 11 is 0. The quantitative estimate of drug-likeness (QED) is 0.662. The van der Waals surface area contributed by atoms with E-state index in [1.54, 1.807) is 6.07 Å². The highest BCUT2D eigenvalue weighted by molar-refractivity contribution is 6.00. The predicted octanol–water partition coefficient (Wildman–Crippen LogP) is 3.30. The Labute approximate surface area is 188 Å². The fourth-order valence-corrected chi connectivity index (χ4v) is 7.21. The van der Waals surface area contributed by atoms with Gasteiger partial charge in [-0.15, -0.1) is 0 Å². The number of carbonyl (C=O) groups excluding carboxylic acids is 1. The molecule has 7 nitrogen and oxygen atoms in total. The first-order valence-corrected chi connectivity index (χ1v) is 11.7. The highest BCUT2D eigenvalue weighted by atomic mass is 16.5. The number of aliphatic carboxylic acids is 1. The number of aliphatic hydroxyl groups is 1. The molecule has 5 rings (SSSR count). The van der Waals surface area contributed by atoms with Crippen molar-refractivity contribution in [1.29, 1.82) is 0 Å². The van der Waals surface area contributed by atoms with Crippen LogP contribution in [0.5, 0.6) is 11.5 Å². The number of amides is 1. The number of fused-ring (bicyclic) bond motifs is 3. The number of carboxylic acid groups (broad SMARTS) is 1. The lowest BCUT2D eigenvalue weighted by Gasteiger charge is -2.67. The summed E-state index contributed by atoms with van der Waals surface area (Å²) in [6.45, 7) is 8.81. The van der Waals surface area contributed by atoms with Crippen LogP contribution in [0.3, 0.4) is 0 Å². The molecule has 0 radical (unpaired) electrons. The Hall–Kier alpha value is -2.28. The predicted molar refractivity (Wildman–Crippen MR) is 117 cm³/mol. The van der Waals surface area contributed by atoms with Crippen LogP contribution in [0.15, 0.2) is 6.07 Å². The molecule has 2 fully saturated rings. The largest absolute Gasteiger partial charge is 0.486 e. The highest BCUT2D eigenvalue weighted by Gasteiger charge is 2.67. The van der Waals surface area contributed by atoms with Gasteiger partial charge in [-0.2, -0.15) is 0 Å². The van der Waals surface area contributed by atoms with Crippen molar-refractivity contribution in [3.05, 3.63) is 22.8 Å². The Morgan fingerprint density at radius 2 is 2.00 bits per heavy atom. The summed E-state index contributed by atoms with van der Waals surface area (Å²) in [7, 11) is 0. The number of aliphatic hydroxyl groups excluding tert-OH is 1. The van der Waals surface area contributed by atoms with E-state index in [4.69, 9.17) is 9.47 Å². The lowest BCUT2D eigenvalue weighted by molar-refractivity contribution is -0.233. The van der Waals surface area contributed by atoms with Crippen LogP contribution in [0.2, 0.25) is 0 Å².